The first-order valence-corrected chi connectivity index (χ1v) is 8.79. The van der Waals surface area contributed by atoms with Crippen molar-refractivity contribution < 1.29 is 14.4 Å². The van der Waals surface area contributed by atoms with Crippen LogP contribution in [0.1, 0.15) is 26.3 Å². The molecule has 2 rings (SSSR count). The maximum atomic E-state index is 12.2. The molecule has 0 saturated carbocycles. The molecule has 0 unspecified atom stereocenters. The standard InChI is InChI=1S/C19H20BrN3O3/c1-21-18(25)14-9-7-13(8-10-14)12-23(2)17(24)11-22-19(26)15-5-3-4-6-16(15)20/h3-10H,11-12H2,1-2H3,(H,21,25)(H,22,26). The number of halogens is 1. The Kier molecular flexibility index (Phi) is 6.91. The molecule has 26 heavy (non-hydrogen) atoms. The molecule has 0 aliphatic carbocycles. The van der Waals surface area contributed by atoms with E-state index in [1.165, 1.54) is 4.90 Å². The van der Waals surface area contributed by atoms with Crippen LogP contribution in [0.3, 0.4) is 0 Å². The van der Waals surface area contributed by atoms with Crippen LogP contribution in [-0.2, 0) is 11.3 Å². The monoisotopic (exact) mass is 417 g/mol. The van der Waals surface area contributed by atoms with Gasteiger partial charge in [-0.3, -0.25) is 14.4 Å². The number of amides is 3. The van der Waals surface area contributed by atoms with Crippen LogP contribution in [0, 0.1) is 0 Å². The Bertz CT molecular complexity index is 806. The highest BCUT2D eigenvalue weighted by atomic mass is 79.9. The molecule has 0 aromatic heterocycles. The second-order valence-corrected chi connectivity index (χ2v) is 6.54. The van der Waals surface area contributed by atoms with Crippen molar-refractivity contribution in [3.05, 3.63) is 69.7 Å². The zero-order valence-corrected chi connectivity index (χ0v) is 16.2. The first-order chi connectivity index (χ1) is 12.4. The van der Waals surface area contributed by atoms with Crippen molar-refractivity contribution >= 4 is 33.7 Å². The van der Waals surface area contributed by atoms with Crippen LogP contribution in [-0.4, -0.2) is 43.3 Å². The maximum Gasteiger partial charge on any atom is 0.252 e. The molecule has 0 aliphatic heterocycles. The molecule has 3 amide bonds. The molecule has 0 bridgehead atoms. The van der Waals surface area contributed by atoms with Crippen molar-refractivity contribution in [1.82, 2.24) is 15.5 Å². The fraction of sp³-hybridized carbons (Fsp3) is 0.211. The summed E-state index contributed by atoms with van der Waals surface area (Å²) >= 11 is 3.31. The van der Waals surface area contributed by atoms with Gasteiger partial charge in [-0.25, -0.2) is 0 Å². The Hall–Kier alpha value is -2.67. The van der Waals surface area contributed by atoms with Crippen molar-refractivity contribution in [2.45, 2.75) is 6.54 Å². The van der Waals surface area contributed by atoms with E-state index >= 15 is 0 Å². The van der Waals surface area contributed by atoms with Crippen molar-refractivity contribution in [2.24, 2.45) is 0 Å². The zero-order chi connectivity index (χ0) is 19.1. The van der Waals surface area contributed by atoms with Gasteiger partial charge in [0.15, 0.2) is 0 Å². The molecule has 136 valence electrons. The molecule has 6 nitrogen and oxygen atoms in total. The number of nitrogens with zero attached hydrogens (tertiary/aromatic N) is 1. The molecule has 2 aromatic rings. The number of rotatable bonds is 6. The highest BCUT2D eigenvalue weighted by Crippen LogP contribution is 2.15. The summed E-state index contributed by atoms with van der Waals surface area (Å²) in [5, 5.41) is 5.18. The molecule has 0 heterocycles. The van der Waals surface area contributed by atoms with Gasteiger partial charge in [-0.05, 0) is 45.8 Å². The largest absolute Gasteiger partial charge is 0.355 e. The first-order valence-electron chi connectivity index (χ1n) is 8.00. The summed E-state index contributed by atoms with van der Waals surface area (Å²) in [5.74, 6) is -0.675. The summed E-state index contributed by atoms with van der Waals surface area (Å²) in [7, 11) is 3.24. The van der Waals surface area contributed by atoms with Crippen molar-refractivity contribution in [1.29, 1.82) is 0 Å². The molecule has 0 saturated heterocycles. The Morgan fingerprint density at radius 1 is 1.00 bits per heavy atom. The molecule has 2 aromatic carbocycles. The zero-order valence-electron chi connectivity index (χ0n) is 14.6. The minimum atomic E-state index is -0.311. The lowest BCUT2D eigenvalue weighted by molar-refractivity contribution is -0.129. The predicted octanol–water partition coefficient (Wildman–Crippen LogP) is 2.20. The molecule has 0 radical (unpaired) electrons. The fourth-order valence-electron chi connectivity index (χ4n) is 2.30. The highest BCUT2D eigenvalue weighted by molar-refractivity contribution is 9.10. The van der Waals surface area contributed by atoms with Gasteiger partial charge in [0, 0.05) is 30.7 Å². The first kappa shape index (κ1) is 19.7. The Morgan fingerprint density at radius 3 is 2.27 bits per heavy atom. The van der Waals surface area contributed by atoms with Crippen molar-refractivity contribution in [3.63, 3.8) is 0 Å². The van der Waals surface area contributed by atoms with Gasteiger partial charge < -0.3 is 15.5 Å². The van der Waals surface area contributed by atoms with E-state index in [-0.39, 0.29) is 24.3 Å². The topological polar surface area (TPSA) is 78.5 Å². The second-order valence-electron chi connectivity index (χ2n) is 5.69. The van der Waals surface area contributed by atoms with E-state index in [4.69, 9.17) is 0 Å². The van der Waals surface area contributed by atoms with Crippen LogP contribution in [0.25, 0.3) is 0 Å². The molecule has 0 fully saturated rings. The number of benzene rings is 2. The number of hydrogen-bond donors (Lipinski definition) is 2. The number of nitrogens with one attached hydrogen (secondary N) is 2. The maximum absolute atomic E-state index is 12.2. The van der Waals surface area contributed by atoms with Gasteiger partial charge in [0.2, 0.25) is 5.91 Å². The van der Waals surface area contributed by atoms with Gasteiger partial charge in [-0.1, -0.05) is 24.3 Å². The molecule has 2 N–H and O–H groups in total. The number of hydrogen-bond acceptors (Lipinski definition) is 3. The minimum absolute atomic E-state index is 0.0903. The summed E-state index contributed by atoms with van der Waals surface area (Å²) in [6.45, 7) is 0.296. The van der Waals surface area contributed by atoms with E-state index in [9.17, 15) is 14.4 Å². The van der Waals surface area contributed by atoms with E-state index in [1.54, 1.807) is 56.6 Å². The second kappa shape index (κ2) is 9.15. The molecule has 0 atom stereocenters. The lowest BCUT2D eigenvalue weighted by Gasteiger charge is -2.18. The van der Waals surface area contributed by atoms with Gasteiger partial charge in [-0.2, -0.15) is 0 Å². The molecular formula is C19H20BrN3O3. The SMILES string of the molecule is CNC(=O)c1ccc(CN(C)C(=O)CNC(=O)c2ccccc2Br)cc1. The number of carbonyl (C=O) groups excluding carboxylic acids is 3. The van der Waals surface area contributed by atoms with E-state index in [0.29, 0.717) is 22.1 Å². The Balaban J connectivity index is 1.88. The summed E-state index contributed by atoms with van der Waals surface area (Å²) in [4.78, 5) is 37.4. The van der Waals surface area contributed by atoms with Gasteiger partial charge in [0.25, 0.3) is 11.8 Å². The molecular weight excluding hydrogens is 398 g/mol. The fourth-order valence-corrected chi connectivity index (χ4v) is 2.76. The number of carbonyl (C=O) groups is 3. The van der Waals surface area contributed by atoms with Gasteiger partial charge >= 0.3 is 0 Å². The predicted molar refractivity (Wildman–Crippen MR) is 103 cm³/mol. The van der Waals surface area contributed by atoms with E-state index in [2.05, 4.69) is 26.6 Å². The quantitative estimate of drug-likeness (QED) is 0.755. The highest BCUT2D eigenvalue weighted by Gasteiger charge is 2.14. The third-order valence-electron chi connectivity index (χ3n) is 3.81. The summed E-state index contributed by atoms with van der Waals surface area (Å²) < 4.78 is 0.675. The van der Waals surface area contributed by atoms with Crippen LogP contribution in [0.5, 0.6) is 0 Å². The lowest BCUT2D eigenvalue weighted by Crippen LogP contribution is -2.37. The molecule has 7 heteroatoms. The van der Waals surface area contributed by atoms with Crippen molar-refractivity contribution in [2.75, 3.05) is 20.6 Å². The number of likely N-dealkylation sites (N-methyl/N-ethyl adjacent to an activating group) is 1. The van der Waals surface area contributed by atoms with Crippen LogP contribution in [0.15, 0.2) is 53.0 Å². The van der Waals surface area contributed by atoms with E-state index in [0.717, 1.165) is 5.56 Å². The minimum Gasteiger partial charge on any atom is -0.355 e. The summed E-state index contributed by atoms with van der Waals surface area (Å²) in [6, 6.07) is 14.0. The smallest absolute Gasteiger partial charge is 0.252 e. The lowest BCUT2D eigenvalue weighted by atomic mass is 10.1. The van der Waals surface area contributed by atoms with E-state index < -0.39 is 0 Å². The average Bonchev–Trinajstić information content (AvgIpc) is 2.66. The van der Waals surface area contributed by atoms with Crippen LogP contribution in [0.4, 0.5) is 0 Å². The Morgan fingerprint density at radius 2 is 1.65 bits per heavy atom. The van der Waals surface area contributed by atoms with Crippen molar-refractivity contribution in [3.8, 4) is 0 Å². The third kappa shape index (κ3) is 5.16. The van der Waals surface area contributed by atoms with Crippen LogP contribution < -0.4 is 10.6 Å². The van der Waals surface area contributed by atoms with Gasteiger partial charge in [-0.15, -0.1) is 0 Å². The summed E-state index contributed by atoms with van der Waals surface area (Å²) in [6.07, 6.45) is 0. The molecule has 0 spiro atoms. The normalized spacial score (nSPS) is 10.1. The Labute approximate surface area is 160 Å². The average molecular weight is 418 g/mol. The summed E-state index contributed by atoms with van der Waals surface area (Å²) in [5.41, 5.74) is 1.93. The van der Waals surface area contributed by atoms with Gasteiger partial charge in [0.05, 0.1) is 12.1 Å². The third-order valence-corrected chi connectivity index (χ3v) is 4.50. The molecule has 0 aliphatic rings. The van der Waals surface area contributed by atoms with E-state index in [1.807, 2.05) is 6.07 Å². The van der Waals surface area contributed by atoms with Gasteiger partial charge in [0.1, 0.15) is 0 Å². The van der Waals surface area contributed by atoms with Crippen LogP contribution in [0.2, 0.25) is 0 Å². The van der Waals surface area contributed by atoms with Crippen LogP contribution >= 0.6 is 15.9 Å².